The zero-order valence-corrected chi connectivity index (χ0v) is 11.8. The van der Waals surface area contributed by atoms with Gasteiger partial charge in [0.05, 0.1) is 11.2 Å². The molecule has 2 nitrogen and oxygen atoms in total. The first-order valence-corrected chi connectivity index (χ1v) is 6.44. The standard InChI is InChI=1S/C17H15NO.ClH/c19-17-12-14-8-4-5-9-15(14)18-16(17)11-10-13-6-2-1-3-7-13;/h1-9,12,19H,10-11H2;1H. The van der Waals surface area contributed by atoms with Crippen molar-refractivity contribution in [2.75, 3.05) is 0 Å². The molecule has 0 aliphatic carbocycles. The molecule has 0 fully saturated rings. The maximum Gasteiger partial charge on any atom is 0.137 e. The van der Waals surface area contributed by atoms with E-state index < -0.39 is 0 Å². The summed E-state index contributed by atoms with van der Waals surface area (Å²) in [6.07, 6.45) is 1.64. The minimum absolute atomic E-state index is 0. The van der Waals surface area contributed by atoms with E-state index in [9.17, 15) is 5.11 Å². The van der Waals surface area contributed by atoms with Crippen molar-refractivity contribution in [3.63, 3.8) is 0 Å². The molecule has 1 heterocycles. The van der Waals surface area contributed by atoms with Gasteiger partial charge in [0, 0.05) is 5.39 Å². The molecule has 0 amide bonds. The van der Waals surface area contributed by atoms with Crippen LogP contribution in [0.15, 0.2) is 60.7 Å². The lowest BCUT2D eigenvalue weighted by Crippen LogP contribution is -1.95. The van der Waals surface area contributed by atoms with E-state index in [0.717, 1.165) is 29.4 Å². The van der Waals surface area contributed by atoms with E-state index in [1.54, 1.807) is 6.07 Å². The highest BCUT2D eigenvalue weighted by Gasteiger charge is 2.05. The summed E-state index contributed by atoms with van der Waals surface area (Å²) in [6.45, 7) is 0. The highest BCUT2D eigenvalue weighted by Crippen LogP contribution is 2.22. The minimum Gasteiger partial charge on any atom is -0.506 e. The maximum absolute atomic E-state index is 10.0. The third-order valence-corrected chi connectivity index (χ3v) is 3.27. The van der Waals surface area contributed by atoms with Crippen molar-refractivity contribution in [2.45, 2.75) is 12.8 Å². The second kappa shape index (κ2) is 6.40. The van der Waals surface area contributed by atoms with Crippen LogP contribution in [0.4, 0.5) is 0 Å². The number of benzene rings is 2. The second-order valence-electron chi connectivity index (χ2n) is 4.63. The Morgan fingerprint density at radius 2 is 1.55 bits per heavy atom. The van der Waals surface area contributed by atoms with Crippen molar-refractivity contribution in [3.8, 4) is 5.75 Å². The molecule has 3 rings (SSSR count). The molecule has 0 bridgehead atoms. The predicted octanol–water partition coefficient (Wildman–Crippen LogP) is 4.15. The van der Waals surface area contributed by atoms with Gasteiger partial charge in [-0.2, -0.15) is 0 Å². The van der Waals surface area contributed by atoms with Crippen LogP contribution >= 0.6 is 12.4 Å². The van der Waals surface area contributed by atoms with Crippen LogP contribution in [0.25, 0.3) is 10.9 Å². The summed E-state index contributed by atoms with van der Waals surface area (Å²) in [5, 5.41) is 11.0. The Kier molecular flexibility index (Phi) is 4.59. The van der Waals surface area contributed by atoms with Crippen LogP contribution in [0, 0.1) is 0 Å². The first-order valence-electron chi connectivity index (χ1n) is 6.44. The van der Waals surface area contributed by atoms with Crippen LogP contribution in [-0.2, 0) is 12.8 Å². The predicted molar refractivity (Wildman–Crippen MR) is 84.5 cm³/mol. The van der Waals surface area contributed by atoms with Gasteiger partial charge in [-0.05, 0) is 30.5 Å². The number of rotatable bonds is 3. The van der Waals surface area contributed by atoms with Gasteiger partial charge in [0.1, 0.15) is 5.75 Å². The van der Waals surface area contributed by atoms with E-state index in [0.29, 0.717) is 0 Å². The number of aromatic hydroxyl groups is 1. The fourth-order valence-corrected chi connectivity index (χ4v) is 2.24. The lowest BCUT2D eigenvalue weighted by Gasteiger charge is -2.06. The fourth-order valence-electron chi connectivity index (χ4n) is 2.24. The zero-order valence-electron chi connectivity index (χ0n) is 11.0. The smallest absolute Gasteiger partial charge is 0.137 e. The number of para-hydroxylation sites is 1. The molecule has 2 aromatic carbocycles. The summed E-state index contributed by atoms with van der Waals surface area (Å²) >= 11 is 0. The van der Waals surface area contributed by atoms with Gasteiger partial charge in [-0.25, -0.2) is 4.98 Å². The quantitative estimate of drug-likeness (QED) is 0.784. The summed E-state index contributed by atoms with van der Waals surface area (Å²) in [5.41, 5.74) is 2.96. The highest BCUT2D eigenvalue weighted by atomic mass is 35.5. The van der Waals surface area contributed by atoms with Gasteiger partial charge < -0.3 is 5.11 Å². The van der Waals surface area contributed by atoms with Crippen LogP contribution in [0.2, 0.25) is 0 Å². The molecular weight excluding hydrogens is 270 g/mol. The molecule has 102 valence electrons. The van der Waals surface area contributed by atoms with Crippen molar-refractivity contribution in [1.82, 2.24) is 4.98 Å². The van der Waals surface area contributed by atoms with Crippen molar-refractivity contribution in [3.05, 3.63) is 71.9 Å². The van der Waals surface area contributed by atoms with Gasteiger partial charge in [-0.1, -0.05) is 48.5 Å². The summed E-state index contributed by atoms with van der Waals surface area (Å²) < 4.78 is 0. The van der Waals surface area contributed by atoms with Crippen LogP contribution in [-0.4, -0.2) is 10.1 Å². The summed E-state index contributed by atoms with van der Waals surface area (Å²) in [4.78, 5) is 4.54. The topological polar surface area (TPSA) is 33.1 Å². The molecule has 1 N–H and O–H groups in total. The van der Waals surface area contributed by atoms with E-state index in [1.807, 2.05) is 42.5 Å². The lowest BCUT2D eigenvalue weighted by atomic mass is 10.1. The summed E-state index contributed by atoms with van der Waals surface area (Å²) in [6, 6.07) is 19.9. The number of nitrogens with zero attached hydrogens (tertiary/aromatic N) is 1. The highest BCUT2D eigenvalue weighted by molar-refractivity contribution is 5.85. The third-order valence-electron chi connectivity index (χ3n) is 3.27. The van der Waals surface area contributed by atoms with E-state index in [-0.39, 0.29) is 18.2 Å². The molecule has 0 aliphatic heterocycles. The van der Waals surface area contributed by atoms with E-state index >= 15 is 0 Å². The monoisotopic (exact) mass is 285 g/mol. The Labute approximate surface area is 124 Å². The van der Waals surface area contributed by atoms with E-state index in [4.69, 9.17) is 0 Å². The van der Waals surface area contributed by atoms with Crippen LogP contribution in [0.3, 0.4) is 0 Å². The third kappa shape index (κ3) is 3.09. The number of halogens is 1. The number of hydrogen-bond donors (Lipinski definition) is 1. The summed E-state index contributed by atoms with van der Waals surface area (Å²) in [7, 11) is 0. The van der Waals surface area contributed by atoms with Gasteiger partial charge >= 0.3 is 0 Å². The molecule has 0 radical (unpaired) electrons. The molecule has 0 aliphatic rings. The average molecular weight is 286 g/mol. The van der Waals surface area contributed by atoms with E-state index in [1.165, 1.54) is 5.56 Å². The molecule has 0 atom stereocenters. The number of aryl methyl sites for hydroxylation is 2. The van der Waals surface area contributed by atoms with Crippen molar-refractivity contribution in [2.24, 2.45) is 0 Å². The molecule has 0 unspecified atom stereocenters. The van der Waals surface area contributed by atoms with Crippen molar-refractivity contribution in [1.29, 1.82) is 0 Å². The Bertz CT molecular complexity index is 698. The fraction of sp³-hybridized carbons (Fsp3) is 0.118. The number of aromatic nitrogens is 1. The molecule has 3 heteroatoms. The van der Waals surface area contributed by atoms with Crippen molar-refractivity contribution < 1.29 is 5.11 Å². The van der Waals surface area contributed by atoms with Gasteiger partial charge in [0.25, 0.3) is 0 Å². The first-order chi connectivity index (χ1) is 9.33. The lowest BCUT2D eigenvalue weighted by molar-refractivity contribution is 0.465. The molecule has 1 aromatic heterocycles. The number of pyridine rings is 1. The Morgan fingerprint density at radius 1 is 0.850 bits per heavy atom. The Balaban J connectivity index is 0.00000147. The van der Waals surface area contributed by atoms with Gasteiger partial charge in [-0.15, -0.1) is 12.4 Å². The van der Waals surface area contributed by atoms with Crippen LogP contribution < -0.4 is 0 Å². The van der Waals surface area contributed by atoms with Gasteiger partial charge in [-0.3, -0.25) is 0 Å². The SMILES string of the molecule is Cl.Oc1cc2ccccc2nc1CCc1ccccc1. The summed E-state index contributed by atoms with van der Waals surface area (Å²) in [5.74, 6) is 0.287. The minimum atomic E-state index is 0. The molecular formula is C17H16ClNO. The van der Waals surface area contributed by atoms with Crippen LogP contribution in [0.1, 0.15) is 11.3 Å². The molecule has 0 saturated carbocycles. The molecule has 3 aromatic rings. The molecule has 0 spiro atoms. The average Bonchev–Trinajstić information content (AvgIpc) is 2.46. The molecule has 0 saturated heterocycles. The van der Waals surface area contributed by atoms with Gasteiger partial charge in [0.2, 0.25) is 0 Å². The Hall–Kier alpha value is -2.06. The maximum atomic E-state index is 10.0. The number of hydrogen-bond acceptors (Lipinski definition) is 2. The first kappa shape index (κ1) is 14.4. The van der Waals surface area contributed by atoms with Gasteiger partial charge in [0.15, 0.2) is 0 Å². The van der Waals surface area contributed by atoms with E-state index in [2.05, 4.69) is 17.1 Å². The molecule has 20 heavy (non-hydrogen) atoms. The Morgan fingerprint density at radius 3 is 2.35 bits per heavy atom. The normalized spacial score (nSPS) is 10.2. The van der Waals surface area contributed by atoms with Crippen molar-refractivity contribution >= 4 is 23.3 Å². The largest absolute Gasteiger partial charge is 0.506 e. The van der Waals surface area contributed by atoms with Crippen LogP contribution in [0.5, 0.6) is 5.75 Å². The number of fused-ring (bicyclic) bond motifs is 1. The zero-order chi connectivity index (χ0) is 13.1. The second-order valence-corrected chi connectivity index (χ2v) is 4.63.